The van der Waals surface area contributed by atoms with Crippen molar-refractivity contribution in [2.24, 2.45) is 0 Å². The largest absolute Gasteiger partial charge is 0.444 e. The molecule has 4 heterocycles. The number of likely N-dealkylation sites (tertiary alicyclic amines) is 1. The van der Waals surface area contributed by atoms with Gasteiger partial charge in [0.05, 0.1) is 12.2 Å². The molecule has 8 nitrogen and oxygen atoms in total. The van der Waals surface area contributed by atoms with E-state index in [1.807, 2.05) is 51.3 Å². The van der Waals surface area contributed by atoms with Crippen molar-refractivity contribution in [2.45, 2.75) is 96.5 Å². The van der Waals surface area contributed by atoms with Gasteiger partial charge < -0.3 is 14.5 Å². The second-order valence-electron chi connectivity index (χ2n) is 13.2. The third-order valence-electron chi connectivity index (χ3n) is 8.18. The molecule has 1 aromatic heterocycles. The van der Waals surface area contributed by atoms with Crippen LogP contribution in [0.15, 0.2) is 12.3 Å². The van der Waals surface area contributed by atoms with E-state index in [2.05, 4.69) is 4.98 Å². The van der Waals surface area contributed by atoms with Gasteiger partial charge in [-0.05, 0) is 40.2 Å². The van der Waals surface area contributed by atoms with Gasteiger partial charge in [-0.2, -0.15) is 8.78 Å². The Labute approximate surface area is 235 Å². The minimum atomic E-state index is -3.08. The van der Waals surface area contributed by atoms with Crippen molar-refractivity contribution < 1.29 is 27.5 Å². The highest BCUT2D eigenvalue weighted by atomic mass is 19.3. The monoisotopic (exact) mass is 567 g/mol. The Bertz CT molecular complexity index is 1110. The van der Waals surface area contributed by atoms with Gasteiger partial charge in [-0.3, -0.25) is 19.6 Å². The topological polar surface area (TPSA) is 69.2 Å². The molecule has 3 aliphatic heterocycles. The highest BCUT2D eigenvalue weighted by Gasteiger charge is 2.43. The van der Waals surface area contributed by atoms with Crippen molar-refractivity contribution in [1.82, 2.24) is 19.7 Å². The predicted octanol–water partition coefficient (Wildman–Crippen LogP) is 4.56. The molecule has 0 bridgehead atoms. The standard InChI is InChI=1S/C29H44F3N5O3/c1-8-29(31,32)24-11-23-22(12-33-24)28(6,7)18-37(23)25(38)17-35-13-19(2)36(26(39)40-27(3,4)5)16-21(35)15-34-10-9-20(30)14-34/h11-12,19-21H,8-10,13-18H2,1-7H3/t19-,20?,21+/m1/s1. The van der Waals surface area contributed by atoms with Gasteiger partial charge in [0.15, 0.2) is 0 Å². The van der Waals surface area contributed by atoms with Crippen molar-refractivity contribution >= 4 is 17.7 Å². The van der Waals surface area contributed by atoms with Gasteiger partial charge in [-0.25, -0.2) is 9.18 Å². The zero-order valence-corrected chi connectivity index (χ0v) is 24.8. The number of carbonyl (C=O) groups excluding carboxylic acids is 2. The van der Waals surface area contributed by atoms with E-state index in [4.69, 9.17) is 4.74 Å². The summed E-state index contributed by atoms with van der Waals surface area (Å²) in [6, 6.07) is 0.927. The number of piperazine rings is 1. The molecule has 4 rings (SSSR count). The summed E-state index contributed by atoms with van der Waals surface area (Å²) < 4.78 is 48.7. The van der Waals surface area contributed by atoms with Gasteiger partial charge in [0, 0.05) is 74.9 Å². The molecule has 0 aliphatic carbocycles. The molecule has 40 heavy (non-hydrogen) atoms. The van der Waals surface area contributed by atoms with E-state index in [1.54, 1.807) is 9.80 Å². The van der Waals surface area contributed by atoms with E-state index in [1.165, 1.54) is 19.2 Å². The van der Waals surface area contributed by atoms with E-state index < -0.39 is 29.2 Å². The first kappa shape index (κ1) is 30.6. The van der Waals surface area contributed by atoms with Gasteiger partial charge in [0.2, 0.25) is 5.91 Å². The number of nitrogens with zero attached hydrogens (tertiary/aromatic N) is 5. The first-order valence-electron chi connectivity index (χ1n) is 14.3. The van der Waals surface area contributed by atoms with Crippen LogP contribution in [0, 0.1) is 0 Å². The fraction of sp³-hybridized carbons (Fsp3) is 0.759. The maximum absolute atomic E-state index is 14.5. The van der Waals surface area contributed by atoms with Gasteiger partial charge in [-0.15, -0.1) is 0 Å². The molecule has 2 amide bonds. The summed E-state index contributed by atoms with van der Waals surface area (Å²) in [4.78, 5) is 38.3. The number of fused-ring (bicyclic) bond motifs is 1. The van der Waals surface area contributed by atoms with Crippen LogP contribution in [0.3, 0.4) is 0 Å². The summed E-state index contributed by atoms with van der Waals surface area (Å²) >= 11 is 0. The van der Waals surface area contributed by atoms with Crippen molar-refractivity contribution in [3.8, 4) is 0 Å². The summed E-state index contributed by atoms with van der Waals surface area (Å²) in [5.41, 5.74) is -0.177. The Hall–Kier alpha value is -2.40. The number of hydrogen-bond donors (Lipinski definition) is 0. The normalized spacial score (nSPS) is 25.8. The van der Waals surface area contributed by atoms with Crippen LogP contribution >= 0.6 is 0 Å². The quantitative estimate of drug-likeness (QED) is 0.502. The number of hydrogen-bond acceptors (Lipinski definition) is 6. The van der Waals surface area contributed by atoms with Crippen LogP contribution < -0.4 is 4.90 Å². The second-order valence-corrected chi connectivity index (χ2v) is 13.2. The molecular weight excluding hydrogens is 523 g/mol. The molecule has 2 fully saturated rings. The Morgan fingerprint density at radius 3 is 2.48 bits per heavy atom. The second kappa shape index (κ2) is 11.1. The zero-order valence-electron chi connectivity index (χ0n) is 24.8. The lowest BCUT2D eigenvalue weighted by Crippen LogP contribution is -2.63. The highest BCUT2D eigenvalue weighted by molar-refractivity contribution is 5.97. The Balaban J connectivity index is 1.56. The Kier molecular flexibility index (Phi) is 8.49. The molecule has 3 atom stereocenters. The summed E-state index contributed by atoms with van der Waals surface area (Å²) in [6.07, 6.45) is 0.274. The number of pyridine rings is 1. The maximum Gasteiger partial charge on any atom is 0.410 e. The van der Waals surface area contributed by atoms with Crippen molar-refractivity contribution in [3.63, 3.8) is 0 Å². The number of rotatable bonds is 6. The zero-order chi connectivity index (χ0) is 29.6. The van der Waals surface area contributed by atoms with E-state index in [9.17, 15) is 22.8 Å². The third-order valence-corrected chi connectivity index (χ3v) is 8.18. The summed E-state index contributed by atoms with van der Waals surface area (Å²) in [5, 5.41) is 0. The molecule has 0 spiro atoms. The van der Waals surface area contributed by atoms with Crippen LogP contribution in [0.4, 0.5) is 23.7 Å². The van der Waals surface area contributed by atoms with E-state index in [0.717, 1.165) is 5.56 Å². The molecule has 3 aliphatic rings. The number of carbonyl (C=O) groups is 2. The Morgan fingerprint density at radius 1 is 1.18 bits per heavy atom. The first-order chi connectivity index (χ1) is 18.5. The number of alkyl halides is 3. The van der Waals surface area contributed by atoms with Crippen molar-refractivity contribution in [1.29, 1.82) is 0 Å². The van der Waals surface area contributed by atoms with Crippen LogP contribution in [0.25, 0.3) is 0 Å². The highest BCUT2D eigenvalue weighted by Crippen LogP contribution is 2.43. The maximum atomic E-state index is 14.5. The molecule has 11 heteroatoms. The van der Waals surface area contributed by atoms with Gasteiger partial charge >= 0.3 is 6.09 Å². The lowest BCUT2D eigenvalue weighted by atomic mass is 9.88. The van der Waals surface area contributed by atoms with Crippen LogP contribution in [0.1, 0.15) is 72.6 Å². The molecular formula is C29H44F3N5O3. The molecule has 0 N–H and O–H groups in total. The number of ether oxygens (including phenoxy) is 1. The van der Waals surface area contributed by atoms with E-state index in [-0.39, 0.29) is 36.7 Å². The molecule has 0 saturated carbocycles. The van der Waals surface area contributed by atoms with Gasteiger partial charge in [0.25, 0.3) is 5.92 Å². The average Bonchev–Trinajstić information content (AvgIpc) is 3.38. The fourth-order valence-corrected chi connectivity index (χ4v) is 5.92. The van der Waals surface area contributed by atoms with Crippen LogP contribution in [-0.2, 0) is 20.9 Å². The summed E-state index contributed by atoms with van der Waals surface area (Å²) in [6.45, 7) is 15.4. The molecule has 0 radical (unpaired) electrons. The number of anilines is 1. The van der Waals surface area contributed by atoms with Crippen molar-refractivity contribution in [2.75, 3.05) is 50.7 Å². The minimum Gasteiger partial charge on any atom is -0.444 e. The lowest BCUT2D eigenvalue weighted by Gasteiger charge is -2.46. The fourth-order valence-electron chi connectivity index (χ4n) is 5.92. The van der Waals surface area contributed by atoms with Gasteiger partial charge in [-0.1, -0.05) is 20.8 Å². The van der Waals surface area contributed by atoms with Crippen LogP contribution in [0.5, 0.6) is 0 Å². The average molecular weight is 568 g/mol. The molecule has 1 aromatic rings. The van der Waals surface area contributed by atoms with Gasteiger partial charge in [0.1, 0.15) is 17.5 Å². The molecule has 2 saturated heterocycles. The van der Waals surface area contributed by atoms with E-state index in [0.29, 0.717) is 51.4 Å². The third kappa shape index (κ3) is 6.56. The summed E-state index contributed by atoms with van der Waals surface area (Å²) in [7, 11) is 0. The number of halogens is 3. The number of amides is 2. The molecule has 224 valence electrons. The van der Waals surface area contributed by atoms with Crippen LogP contribution in [0.2, 0.25) is 0 Å². The SMILES string of the molecule is CCC(F)(F)c1cc2c(cn1)C(C)(C)CN2C(=O)CN1C[C@@H](C)N(C(=O)OC(C)(C)C)C[C@@H]1CN1CCC(F)C1. The molecule has 1 unspecified atom stereocenters. The summed E-state index contributed by atoms with van der Waals surface area (Å²) in [5.74, 6) is -3.28. The minimum absolute atomic E-state index is 0.0569. The predicted molar refractivity (Wildman–Crippen MR) is 148 cm³/mol. The molecule has 0 aromatic carbocycles. The first-order valence-corrected chi connectivity index (χ1v) is 14.3. The van der Waals surface area contributed by atoms with Crippen LogP contribution in [-0.4, -0.2) is 101 Å². The van der Waals surface area contributed by atoms with E-state index >= 15 is 0 Å². The smallest absolute Gasteiger partial charge is 0.410 e. The lowest BCUT2D eigenvalue weighted by molar-refractivity contribution is -0.121. The Morgan fingerprint density at radius 2 is 1.88 bits per heavy atom. The van der Waals surface area contributed by atoms with Crippen molar-refractivity contribution in [3.05, 3.63) is 23.5 Å². The number of aromatic nitrogens is 1.